The molecule has 0 aromatic heterocycles. The van der Waals surface area contributed by atoms with Gasteiger partial charge in [0.1, 0.15) is 0 Å². The summed E-state index contributed by atoms with van der Waals surface area (Å²) in [6.45, 7) is 0. The van der Waals surface area contributed by atoms with Gasteiger partial charge in [-0.25, -0.2) is 5.43 Å². The van der Waals surface area contributed by atoms with E-state index < -0.39 is 0 Å². The van der Waals surface area contributed by atoms with Crippen molar-refractivity contribution in [1.82, 2.24) is 10.9 Å². The van der Waals surface area contributed by atoms with Gasteiger partial charge < -0.3 is 5.43 Å². The average Bonchev–Trinajstić information content (AvgIpc) is 2.19. The number of hydrogen-bond acceptors (Lipinski definition) is 2. The second-order valence-corrected chi connectivity index (χ2v) is 2.00. The quantitative estimate of drug-likeness (QED) is 0.576. The van der Waals surface area contributed by atoms with E-state index in [1.165, 1.54) is 25.0 Å². The van der Waals surface area contributed by atoms with Crippen LogP contribution >= 0.6 is 12.4 Å². The van der Waals surface area contributed by atoms with Gasteiger partial charge in [-0.3, -0.25) is 0 Å². The van der Waals surface area contributed by atoms with Crippen LogP contribution in [0.25, 0.3) is 0 Å². The molecule has 0 unspecified atom stereocenters. The highest BCUT2D eigenvalue weighted by Gasteiger charge is 2.00. The number of allylic oxidation sites excluding steroid dienone is 2. The summed E-state index contributed by atoms with van der Waals surface area (Å²) in [5.41, 5.74) is 7.29. The van der Waals surface area contributed by atoms with Crippen molar-refractivity contribution >= 4 is 12.4 Å². The van der Waals surface area contributed by atoms with E-state index in [4.69, 9.17) is 0 Å². The molecular weight excluding hydrogens is 136 g/mol. The van der Waals surface area contributed by atoms with Gasteiger partial charge in [-0.05, 0) is 19.3 Å². The lowest BCUT2D eigenvalue weighted by Crippen LogP contribution is -2.25. The number of rotatable bonds is 2. The topological polar surface area (TPSA) is 24.1 Å². The van der Waals surface area contributed by atoms with Crippen LogP contribution < -0.4 is 10.9 Å². The van der Waals surface area contributed by atoms with E-state index in [0.717, 1.165) is 0 Å². The van der Waals surface area contributed by atoms with Crippen molar-refractivity contribution in [3.05, 3.63) is 11.8 Å². The molecule has 0 aliphatic heterocycles. The lowest BCUT2D eigenvalue weighted by molar-refractivity contribution is 0.665. The number of halogens is 1. The van der Waals surface area contributed by atoms with Crippen molar-refractivity contribution < 1.29 is 0 Å². The minimum Gasteiger partial charge on any atom is -0.326 e. The first-order chi connectivity index (χ1) is 3.93. The zero-order valence-corrected chi connectivity index (χ0v) is 6.42. The van der Waals surface area contributed by atoms with Crippen LogP contribution in [0.5, 0.6) is 0 Å². The van der Waals surface area contributed by atoms with Gasteiger partial charge in [0.2, 0.25) is 0 Å². The molecule has 0 saturated carbocycles. The molecule has 1 aliphatic carbocycles. The van der Waals surface area contributed by atoms with Crippen LogP contribution in [0.1, 0.15) is 19.3 Å². The van der Waals surface area contributed by atoms with Crippen LogP contribution in [-0.4, -0.2) is 7.05 Å². The van der Waals surface area contributed by atoms with Crippen molar-refractivity contribution in [3.8, 4) is 0 Å². The first-order valence-electron chi connectivity index (χ1n) is 3.05. The van der Waals surface area contributed by atoms with E-state index in [0.29, 0.717) is 0 Å². The predicted octanol–water partition coefficient (Wildman–Crippen LogP) is 1.20. The van der Waals surface area contributed by atoms with Crippen LogP contribution in [-0.2, 0) is 0 Å². The van der Waals surface area contributed by atoms with Crippen molar-refractivity contribution in [1.29, 1.82) is 0 Å². The predicted molar refractivity (Wildman–Crippen MR) is 41.4 cm³/mol. The molecule has 0 saturated heterocycles. The Bertz CT molecular complexity index is 101. The molecule has 0 spiro atoms. The van der Waals surface area contributed by atoms with Crippen LogP contribution in [0.4, 0.5) is 0 Å². The molecule has 0 atom stereocenters. The van der Waals surface area contributed by atoms with Crippen molar-refractivity contribution in [2.45, 2.75) is 19.3 Å². The Morgan fingerprint density at radius 3 is 2.78 bits per heavy atom. The van der Waals surface area contributed by atoms with Gasteiger partial charge in [-0.1, -0.05) is 6.08 Å². The smallest absolute Gasteiger partial charge is 0.0222 e. The molecule has 0 fully saturated rings. The van der Waals surface area contributed by atoms with Gasteiger partial charge in [0.15, 0.2) is 0 Å². The number of hydrazine groups is 1. The van der Waals surface area contributed by atoms with Gasteiger partial charge >= 0.3 is 0 Å². The number of nitrogens with one attached hydrogen (secondary N) is 2. The second kappa shape index (κ2) is 4.65. The van der Waals surface area contributed by atoms with Crippen molar-refractivity contribution in [3.63, 3.8) is 0 Å². The van der Waals surface area contributed by atoms with Crippen LogP contribution in [0.2, 0.25) is 0 Å². The molecule has 0 radical (unpaired) electrons. The minimum absolute atomic E-state index is 0. The number of hydrogen-bond donors (Lipinski definition) is 2. The molecule has 0 heterocycles. The Labute approximate surface area is 62.1 Å². The molecule has 9 heavy (non-hydrogen) atoms. The lowest BCUT2D eigenvalue weighted by atomic mass is 10.3. The van der Waals surface area contributed by atoms with E-state index in [2.05, 4.69) is 16.9 Å². The third-order valence-electron chi connectivity index (χ3n) is 1.33. The maximum atomic E-state index is 3.06. The van der Waals surface area contributed by atoms with Gasteiger partial charge in [0, 0.05) is 12.7 Å². The van der Waals surface area contributed by atoms with Crippen LogP contribution in [0.15, 0.2) is 11.8 Å². The average molecular weight is 149 g/mol. The summed E-state index contributed by atoms with van der Waals surface area (Å²) in [6, 6.07) is 0. The van der Waals surface area contributed by atoms with Gasteiger partial charge in [-0.15, -0.1) is 12.4 Å². The molecule has 0 aromatic carbocycles. The van der Waals surface area contributed by atoms with E-state index in [-0.39, 0.29) is 12.4 Å². The molecule has 1 rings (SSSR count). The maximum absolute atomic E-state index is 3.06. The molecule has 2 nitrogen and oxygen atoms in total. The highest BCUT2D eigenvalue weighted by Crippen LogP contribution is 2.13. The van der Waals surface area contributed by atoms with Gasteiger partial charge in [0.05, 0.1) is 0 Å². The SMILES string of the molecule is CNNC1=CCCC1.Cl. The lowest BCUT2D eigenvalue weighted by Gasteiger charge is -2.01. The Morgan fingerprint density at radius 2 is 2.33 bits per heavy atom. The largest absolute Gasteiger partial charge is 0.326 e. The highest BCUT2D eigenvalue weighted by molar-refractivity contribution is 5.85. The highest BCUT2D eigenvalue weighted by atomic mass is 35.5. The molecule has 0 bridgehead atoms. The zero-order valence-electron chi connectivity index (χ0n) is 5.61. The Morgan fingerprint density at radius 1 is 1.56 bits per heavy atom. The van der Waals surface area contributed by atoms with Crippen molar-refractivity contribution in [2.75, 3.05) is 7.05 Å². The molecule has 2 N–H and O–H groups in total. The summed E-state index contributed by atoms with van der Waals surface area (Å²) >= 11 is 0. The van der Waals surface area contributed by atoms with Gasteiger partial charge in [-0.2, -0.15) is 0 Å². The minimum atomic E-state index is 0. The van der Waals surface area contributed by atoms with Crippen LogP contribution in [0, 0.1) is 0 Å². The summed E-state index contributed by atoms with van der Waals surface area (Å²) < 4.78 is 0. The van der Waals surface area contributed by atoms with E-state index >= 15 is 0 Å². The first kappa shape index (κ1) is 8.79. The maximum Gasteiger partial charge on any atom is 0.0222 e. The van der Waals surface area contributed by atoms with E-state index in [1.54, 1.807) is 0 Å². The fourth-order valence-corrected chi connectivity index (χ4v) is 0.945. The Kier molecular flexibility index (Phi) is 4.54. The Hall–Kier alpha value is -0.210. The fourth-order valence-electron chi connectivity index (χ4n) is 0.945. The summed E-state index contributed by atoms with van der Waals surface area (Å²) in [4.78, 5) is 0. The monoisotopic (exact) mass is 148 g/mol. The molecule has 54 valence electrons. The first-order valence-corrected chi connectivity index (χ1v) is 3.05. The summed E-state index contributed by atoms with van der Waals surface area (Å²) in [5.74, 6) is 0. The third-order valence-corrected chi connectivity index (χ3v) is 1.33. The molecule has 0 aromatic rings. The van der Waals surface area contributed by atoms with E-state index in [1.807, 2.05) is 7.05 Å². The second-order valence-electron chi connectivity index (χ2n) is 2.00. The standard InChI is InChI=1S/C6H12N2.ClH/c1-7-8-6-4-2-3-5-6;/h4,7-8H,2-3,5H2,1H3;1H. The molecule has 0 amide bonds. The Balaban J connectivity index is 0.000000640. The summed E-state index contributed by atoms with van der Waals surface area (Å²) in [5, 5.41) is 0. The van der Waals surface area contributed by atoms with E-state index in [9.17, 15) is 0 Å². The van der Waals surface area contributed by atoms with Gasteiger partial charge in [0.25, 0.3) is 0 Å². The third kappa shape index (κ3) is 2.72. The summed E-state index contributed by atoms with van der Waals surface area (Å²) in [6.07, 6.45) is 5.99. The zero-order chi connectivity index (χ0) is 5.82. The summed E-state index contributed by atoms with van der Waals surface area (Å²) in [7, 11) is 1.89. The van der Waals surface area contributed by atoms with Crippen LogP contribution in [0.3, 0.4) is 0 Å². The molecule has 1 aliphatic rings. The fraction of sp³-hybridized carbons (Fsp3) is 0.667. The molecular formula is C6H13ClN2. The normalized spacial score (nSPS) is 16.3. The van der Waals surface area contributed by atoms with Crippen molar-refractivity contribution in [2.24, 2.45) is 0 Å². The molecule has 3 heteroatoms.